The Morgan fingerprint density at radius 3 is 2.77 bits per heavy atom. The maximum absolute atomic E-state index is 13.9. The topological polar surface area (TPSA) is 68.5 Å². The van der Waals surface area contributed by atoms with Crippen LogP contribution in [0.5, 0.6) is 0 Å². The molecule has 2 aliphatic rings. The molecular weight excluding hydrogens is 375 g/mol. The van der Waals surface area contributed by atoms with E-state index in [1.165, 1.54) is 17.4 Å². The molecule has 138 valence electrons. The number of carbonyl (C=O) groups is 1. The zero-order valence-corrected chi connectivity index (χ0v) is 15.7. The van der Waals surface area contributed by atoms with Gasteiger partial charge in [0.05, 0.1) is 18.1 Å². The second-order valence-corrected chi connectivity index (χ2v) is 10.3. The Labute approximate surface area is 155 Å². The van der Waals surface area contributed by atoms with Crippen LogP contribution in [-0.4, -0.2) is 30.4 Å². The molecule has 0 N–H and O–H groups in total. The summed E-state index contributed by atoms with van der Waals surface area (Å²) >= 11 is 1.34. The summed E-state index contributed by atoms with van der Waals surface area (Å²) in [4.78, 5) is 17.4. The highest BCUT2D eigenvalue weighted by atomic mass is 32.2. The maximum Gasteiger partial charge on any atom is 0.252 e. The van der Waals surface area contributed by atoms with Gasteiger partial charge in [-0.2, -0.15) is 4.99 Å². The quantitative estimate of drug-likeness (QED) is 0.803. The van der Waals surface area contributed by atoms with Crippen LogP contribution in [0, 0.1) is 17.2 Å². The fourth-order valence-electron chi connectivity index (χ4n) is 3.68. The first kappa shape index (κ1) is 17.6. The molecule has 1 unspecified atom stereocenters. The molecule has 0 bridgehead atoms. The van der Waals surface area contributed by atoms with E-state index in [9.17, 15) is 17.6 Å². The Balaban J connectivity index is 1.51. The summed E-state index contributed by atoms with van der Waals surface area (Å²) in [5, 5.41) is 1.82. The number of hydrogen-bond acceptors (Lipinski definition) is 4. The average Bonchev–Trinajstić information content (AvgIpc) is 3.16. The van der Waals surface area contributed by atoms with Crippen molar-refractivity contribution < 1.29 is 17.6 Å². The van der Waals surface area contributed by atoms with E-state index in [1.807, 2.05) is 5.38 Å². The van der Waals surface area contributed by atoms with Crippen LogP contribution in [0.1, 0.15) is 24.8 Å². The summed E-state index contributed by atoms with van der Waals surface area (Å²) in [6, 6.07) is 6.54. The standard InChI is InChI=1S/C18H19FN2O3S2/c19-15-4-2-1-3-13(15)12-21-7-8-25-17(21)20-16(22)14-11-18(14)5-9-26(23,24)10-6-18/h1-4,7-8,14H,5-6,9-12H2. The van der Waals surface area contributed by atoms with Crippen molar-refractivity contribution in [3.05, 3.63) is 52.0 Å². The predicted octanol–water partition coefficient (Wildman–Crippen LogP) is 2.38. The van der Waals surface area contributed by atoms with Crippen molar-refractivity contribution in [3.8, 4) is 0 Å². The summed E-state index contributed by atoms with van der Waals surface area (Å²) in [6.45, 7) is 0.316. The number of carbonyl (C=O) groups excluding carboxylic acids is 1. The first-order valence-electron chi connectivity index (χ1n) is 8.55. The van der Waals surface area contributed by atoms with Gasteiger partial charge in [0, 0.05) is 23.1 Å². The first-order chi connectivity index (χ1) is 12.4. The molecule has 1 aliphatic heterocycles. The van der Waals surface area contributed by atoms with Crippen LogP contribution >= 0.6 is 11.3 Å². The van der Waals surface area contributed by atoms with Crippen LogP contribution in [0.4, 0.5) is 4.39 Å². The molecule has 0 radical (unpaired) electrons. The molecule has 26 heavy (non-hydrogen) atoms. The molecule has 1 aromatic carbocycles. The largest absolute Gasteiger partial charge is 0.319 e. The van der Waals surface area contributed by atoms with Crippen molar-refractivity contribution >= 4 is 27.1 Å². The summed E-state index contributed by atoms with van der Waals surface area (Å²) in [7, 11) is -2.94. The zero-order chi connectivity index (χ0) is 18.4. The van der Waals surface area contributed by atoms with E-state index in [0.29, 0.717) is 29.8 Å². The Morgan fingerprint density at radius 1 is 1.31 bits per heavy atom. The number of halogens is 1. The van der Waals surface area contributed by atoms with E-state index in [2.05, 4.69) is 4.99 Å². The van der Waals surface area contributed by atoms with Gasteiger partial charge in [0.25, 0.3) is 5.91 Å². The van der Waals surface area contributed by atoms with Crippen molar-refractivity contribution in [2.75, 3.05) is 11.5 Å². The van der Waals surface area contributed by atoms with E-state index >= 15 is 0 Å². The predicted molar refractivity (Wildman–Crippen MR) is 96.8 cm³/mol. The van der Waals surface area contributed by atoms with Crippen molar-refractivity contribution in [2.24, 2.45) is 16.3 Å². The van der Waals surface area contributed by atoms with E-state index < -0.39 is 9.84 Å². The fraction of sp³-hybridized carbons (Fsp3) is 0.444. The minimum Gasteiger partial charge on any atom is -0.319 e. The van der Waals surface area contributed by atoms with Gasteiger partial charge in [-0.15, -0.1) is 11.3 Å². The van der Waals surface area contributed by atoms with Gasteiger partial charge < -0.3 is 4.57 Å². The molecule has 4 rings (SSSR count). The lowest BCUT2D eigenvalue weighted by Crippen LogP contribution is -2.27. The van der Waals surface area contributed by atoms with Gasteiger partial charge in [-0.25, -0.2) is 12.8 Å². The molecular formula is C18H19FN2O3S2. The lowest BCUT2D eigenvalue weighted by molar-refractivity contribution is -0.120. The van der Waals surface area contributed by atoms with E-state index in [-0.39, 0.29) is 34.6 Å². The summed E-state index contributed by atoms with van der Waals surface area (Å²) in [5.74, 6) is -0.310. The molecule has 1 saturated heterocycles. The summed E-state index contributed by atoms with van der Waals surface area (Å²) < 4.78 is 38.8. The molecule has 1 amide bonds. The number of sulfone groups is 1. The Hall–Kier alpha value is -1.80. The number of rotatable bonds is 3. The highest BCUT2D eigenvalue weighted by Crippen LogP contribution is 2.60. The smallest absolute Gasteiger partial charge is 0.252 e. The Kier molecular flexibility index (Phi) is 4.35. The number of amides is 1. The van der Waals surface area contributed by atoms with Gasteiger partial charge >= 0.3 is 0 Å². The number of thiazole rings is 1. The average molecular weight is 394 g/mol. The van der Waals surface area contributed by atoms with Crippen molar-refractivity contribution in [3.63, 3.8) is 0 Å². The SMILES string of the molecule is O=C(N=c1sccn1Cc1ccccc1F)C1CC12CCS(=O)(=O)CC2. The number of nitrogens with zero attached hydrogens (tertiary/aromatic N) is 2. The first-order valence-corrected chi connectivity index (χ1v) is 11.3. The minimum absolute atomic E-state index is 0.167. The molecule has 1 aromatic heterocycles. The molecule has 1 atom stereocenters. The highest BCUT2D eigenvalue weighted by Gasteiger charge is 2.59. The lowest BCUT2D eigenvalue weighted by atomic mass is 9.96. The van der Waals surface area contributed by atoms with Crippen molar-refractivity contribution in [1.82, 2.24) is 4.57 Å². The Bertz CT molecular complexity index is 1010. The number of benzene rings is 1. The summed E-state index contributed by atoms with van der Waals surface area (Å²) in [5.41, 5.74) is 0.375. The summed E-state index contributed by atoms with van der Waals surface area (Å²) in [6.07, 6.45) is 3.63. The minimum atomic E-state index is -2.94. The zero-order valence-electron chi connectivity index (χ0n) is 14.1. The van der Waals surface area contributed by atoms with Gasteiger partial charge in [-0.05, 0) is 30.7 Å². The number of hydrogen-bond donors (Lipinski definition) is 0. The molecule has 5 nitrogen and oxygen atoms in total. The van der Waals surface area contributed by atoms with Gasteiger partial charge in [0.2, 0.25) is 0 Å². The highest BCUT2D eigenvalue weighted by molar-refractivity contribution is 7.91. The van der Waals surface area contributed by atoms with Gasteiger partial charge in [-0.1, -0.05) is 18.2 Å². The lowest BCUT2D eigenvalue weighted by Gasteiger charge is -2.21. The van der Waals surface area contributed by atoms with Crippen molar-refractivity contribution in [2.45, 2.75) is 25.8 Å². The van der Waals surface area contributed by atoms with Gasteiger partial charge in [-0.3, -0.25) is 4.79 Å². The molecule has 2 heterocycles. The molecule has 1 aliphatic carbocycles. The third-order valence-electron chi connectivity index (χ3n) is 5.47. The van der Waals surface area contributed by atoms with Crippen LogP contribution in [0.15, 0.2) is 40.8 Å². The van der Waals surface area contributed by atoms with Gasteiger partial charge in [0.1, 0.15) is 15.7 Å². The van der Waals surface area contributed by atoms with Crippen LogP contribution < -0.4 is 4.80 Å². The fourth-order valence-corrected chi connectivity index (χ4v) is 6.06. The number of aromatic nitrogens is 1. The molecule has 2 fully saturated rings. The second-order valence-electron chi connectivity index (χ2n) is 7.13. The van der Waals surface area contributed by atoms with Crippen molar-refractivity contribution in [1.29, 1.82) is 0 Å². The Morgan fingerprint density at radius 2 is 2.04 bits per heavy atom. The molecule has 8 heteroatoms. The third-order valence-corrected chi connectivity index (χ3v) is 7.92. The van der Waals surface area contributed by atoms with Gasteiger partial charge in [0.15, 0.2) is 4.80 Å². The maximum atomic E-state index is 13.9. The monoisotopic (exact) mass is 394 g/mol. The van der Waals surface area contributed by atoms with Crippen LogP contribution in [0.25, 0.3) is 0 Å². The molecule has 1 spiro atoms. The normalized spacial score (nSPS) is 23.9. The molecule has 1 saturated carbocycles. The van der Waals surface area contributed by atoms with E-state index in [1.54, 1.807) is 29.0 Å². The van der Waals surface area contributed by atoms with Crippen LogP contribution in [-0.2, 0) is 21.2 Å². The van der Waals surface area contributed by atoms with E-state index in [4.69, 9.17) is 0 Å². The second kappa shape index (κ2) is 6.42. The van der Waals surface area contributed by atoms with Crippen LogP contribution in [0.3, 0.4) is 0 Å². The van der Waals surface area contributed by atoms with Crippen LogP contribution in [0.2, 0.25) is 0 Å². The molecule has 2 aromatic rings. The third kappa shape index (κ3) is 3.40. The van der Waals surface area contributed by atoms with E-state index in [0.717, 1.165) is 6.42 Å².